The molecule has 19 heavy (non-hydrogen) atoms. The van der Waals surface area contributed by atoms with E-state index in [9.17, 15) is 15.2 Å². The van der Waals surface area contributed by atoms with Crippen LogP contribution in [0.2, 0.25) is 0 Å². The Kier molecular flexibility index (Phi) is 3.66. The van der Waals surface area contributed by atoms with Crippen LogP contribution >= 0.6 is 0 Å². The Morgan fingerprint density at radius 3 is 2.53 bits per heavy atom. The lowest BCUT2D eigenvalue weighted by Gasteiger charge is -2.07. The van der Waals surface area contributed by atoms with Crippen LogP contribution in [-0.2, 0) is 6.54 Å². The monoisotopic (exact) mass is 258 g/mol. The molecule has 0 aromatic heterocycles. The Hall–Kier alpha value is -2.56. The minimum absolute atomic E-state index is 0.118. The fourth-order valence-electron chi connectivity index (χ4n) is 1.72. The molecule has 0 spiro atoms. The Morgan fingerprint density at radius 1 is 1.21 bits per heavy atom. The number of phenols is 1. The van der Waals surface area contributed by atoms with Gasteiger partial charge in [-0.15, -0.1) is 0 Å². The van der Waals surface area contributed by atoms with Crippen LogP contribution < -0.4 is 5.32 Å². The summed E-state index contributed by atoms with van der Waals surface area (Å²) in [7, 11) is 0. The highest BCUT2D eigenvalue weighted by atomic mass is 16.6. The summed E-state index contributed by atoms with van der Waals surface area (Å²) in [5, 5.41) is 23.2. The number of hydrogen-bond acceptors (Lipinski definition) is 4. The molecule has 0 aliphatic heterocycles. The molecule has 2 rings (SSSR count). The maximum atomic E-state index is 10.9. The first-order valence-electron chi connectivity index (χ1n) is 5.83. The van der Waals surface area contributed by atoms with Gasteiger partial charge < -0.3 is 10.4 Å². The average Bonchev–Trinajstić information content (AvgIpc) is 2.39. The quantitative estimate of drug-likeness (QED) is 0.501. The number of aromatic hydroxyl groups is 1. The summed E-state index contributed by atoms with van der Waals surface area (Å²) in [6, 6.07) is 12.0. The minimum atomic E-state index is -0.517. The van der Waals surface area contributed by atoms with Gasteiger partial charge in [0.1, 0.15) is 11.4 Å². The van der Waals surface area contributed by atoms with E-state index in [1.807, 2.05) is 31.2 Å². The van der Waals surface area contributed by atoms with Crippen molar-refractivity contribution in [1.29, 1.82) is 0 Å². The van der Waals surface area contributed by atoms with Crippen molar-refractivity contribution in [2.24, 2.45) is 0 Å². The molecule has 0 fully saturated rings. The van der Waals surface area contributed by atoms with E-state index in [4.69, 9.17) is 0 Å². The van der Waals surface area contributed by atoms with Gasteiger partial charge in [0.2, 0.25) is 0 Å². The van der Waals surface area contributed by atoms with Crippen LogP contribution in [0.25, 0.3) is 0 Å². The molecule has 0 bridgehead atoms. The lowest BCUT2D eigenvalue weighted by Crippen LogP contribution is -2.02. The standard InChI is InChI=1S/C14H14N2O3/c1-10-2-4-11(5-3-10)9-15-13-7-6-12(17)8-14(13)16(18)19/h2-8,15,17H,9H2,1H3. The highest BCUT2D eigenvalue weighted by Crippen LogP contribution is 2.28. The molecule has 0 saturated heterocycles. The van der Waals surface area contributed by atoms with Gasteiger partial charge in [-0.3, -0.25) is 10.1 Å². The minimum Gasteiger partial charge on any atom is -0.508 e. The van der Waals surface area contributed by atoms with Gasteiger partial charge >= 0.3 is 0 Å². The van der Waals surface area contributed by atoms with Gasteiger partial charge in [0, 0.05) is 6.54 Å². The summed E-state index contributed by atoms with van der Waals surface area (Å²) in [6.07, 6.45) is 0. The number of rotatable bonds is 4. The van der Waals surface area contributed by atoms with Gasteiger partial charge in [-0.2, -0.15) is 0 Å². The van der Waals surface area contributed by atoms with E-state index < -0.39 is 4.92 Å². The molecule has 0 aliphatic carbocycles. The Balaban J connectivity index is 2.15. The smallest absolute Gasteiger partial charge is 0.296 e. The molecule has 5 heteroatoms. The van der Waals surface area contributed by atoms with Gasteiger partial charge in [-0.05, 0) is 24.6 Å². The number of benzene rings is 2. The summed E-state index contributed by atoms with van der Waals surface area (Å²) in [6.45, 7) is 2.49. The van der Waals surface area contributed by atoms with Crippen LogP contribution in [0.4, 0.5) is 11.4 Å². The van der Waals surface area contributed by atoms with E-state index in [1.165, 1.54) is 17.7 Å². The number of nitro groups is 1. The van der Waals surface area contributed by atoms with E-state index in [-0.39, 0.29) is 11.4 Å². The number of nitrogens with zero attached hydrogens (tertiary/aromatic N) is 1. The molecule has 0 atom stereocenters. The topological polar surface area (TPSA) is 75.4 Å². The van der Waals surface area contributed by atoms with Crippen molar-refractivity contribution in [1.82, 2.24) is 0 Å². The predicted octanol–water partition coefficient (Wildman–Crippen LogP) is 3.22. The number of phenolic OH excluding ortho intramolecular Hbond substituents is 1. The highest BCUT2D eigenvalue weighted by Gasteiger charge is 2.14. The number of nitro benzene ring substituents is 1. The maximum Gasteiger partial charge on any atom is 0.296 e. The summed E-state index contributed by atoms with van der Waals surface area (Å²) in [4.78, 5) is 10.4. The van der Waals surface area contributed by atoms with Crippen LogP contribution in [0.15, 0.2) is 42.5 Å². The fourth-order valence-corrected chi connectivity index (χ4v) is 1.72. The van der Waals surface area contributed by atoms with Crippen LogP contribution in [0.3, 0.4) is 0 Å². The van der Waals surface area contributed by atoms with Crippen LogP contribution in [0.1, 0.15) is 11.1 Å². The van der Waals surface area contributed by atoms with Crippen molar-refractivity contribution < 1.29 is 10.0 Å². The summed E-state index contributed by atoms with van der Waals surface area (Å²) in [5.74, 6) is -0.118. The van der Waals surface area contributed by atoms with Gasteiger partial charge in [0.25, 0.3) is 5.69 Å². The fraction of sp³-hybridized carbons (Fsp3) is 0.143. The number of hydrogen-bond donors (Lipinski definition) is 2. The van der Waals surface area contributed by atoms with Crippen molar-refractivity contribution in [2.75, 3.05) is 5.32 Å². The zero-order chi connectivity index (χ0) is 13.8. The van der Waals surface area contributed by atoms with Crippen molar-refractivity contribution in [3.63, 3.8) is 0 Å². The molecular formula is C14H14N2O3. The van der Waals surface area contributed by atoms with Gasteiger partial charge in [-0.25, -0.2) is 0 Å². The molecule has 0 aliphatic rings. The maximum absolute atomic E-state index is 10.9. The zero-order valence-corrected chi connectivity index (χ0v) is 10.5. The Morgan fingerprint density at radius 2 is 1.89 bits per heavy atom. The largest absolute Gasteiger partial charge is 0.508 e. The second-order valence-corrected chi connectivity index (χ2v) is 4.30. The molecule has 0 radical (unpaired) electrons. The SMILES string of the molecule is Cc1ccc(CNc2ccc(O)cc2[N+](=O)[O-])cc1. The van der Waals surface area contributed by atoms with E-state index in [0.717, 1.165) is 11.6 Å². The molecule has 98 valence electrons. The molecule has 0 saturated carbocycles. The first-order valence-corrected chi connectivity index (χ1v) is 5.83. The third kappa shape index (κ3) is 3.22. The van der Waals surface area contributed by atoms with E-state index in [2.05, 4.69) is 5.32 Å². The van der Waals surface area contributed by atoms with E-state index >= 15 is 0 Å². The number of anilines is 1. The van der Waals surface area contributed by atoms with Crippen LogP contribution in [0, 0.1) is 17.0 Å². The second kappa shape index (κ2) is 5.39. The predicted molar refractivity (Wildman–Crippen MR) is 73.3 cm³/mol. The third-order valence-electron chi connectivity index (χ3n) is 2.78. The van der Waals surface area contributed by atoms with Gasteiger partial charge in [0.15, 0.2) is 0 Å². The Labute approximate surface area is 110 Å². The first kappa shape index (κ1) is 12.9. The zero-order valence-electron chi connectivity index (χ0n) is 10.5. The number of aryl methyl sites for hydroxylation is 1. The van der Waals surface area contributed by atoms with Crippen molar-refractivity contribution in [3.8, 4) is 5.75 Å². The summed E-state index contributed by atoms with van der Waals surface area (Å²) in [5.41, 5.74) is 2.46. The molecule has 0 amide bonds. The van der Waals surface area contributed by atoms with E-state index in [0.29, 0.717) is 12.2 Å². The van der Waals surface area contributed by atoms with Gasteiger partial charge in [0.05, 0.1) is 11.0 Å². The molecule has 2 aromatic rings. The molecule has 2 aromatic carbocycles. The number of nitrogens with one attached hydrogen (secondary N) is 1. The summed E-state index contributed by atoms with van der Waals surface area (Å²) < 4.78 is 0. The molecule has 0 heterocycles. The lowest BCUT2D eigenvalue weighted by molar-refractivity contribution is -0.384. The van der Waals surface area contributed by atoms with Crippen molar-refractivity contribution in [3.05, 3.63) is 63.7 Å². The Bertz CT molecular complexity index is 594. The van der Waals surface area contributed by atoms with Crippen LogP contribution in [-0.4, -0.2) is 10.0 Å². The average molecular weight is 258 g/mol. The highest BCUT2D eigenvalue weighted by molar-refractivity contribution is 5.63. The summed E-state index contributed by atoms with van der Waals surface area (Å²) >= 11 is 0. The van der Waals surface area contributed by atoms with Crippen molar-refractivity contribution >= 4 is 11.4 Å². The third-order valence-corrected chi connectivity index (χ3v) is 2.78. The molecule has 0 unspecified atom stereocenters. The molecule has 5 nitrogen and oxygen atoms in total. The lowest BCUT2D eigenvalue weighted by atomic mass is 10.1. The van der Waals surface area contributed by atoms with Crippen molar-refractivity contribution in [2.45, 2.75) is 13.5 Å². The second-order valence-electron chi connectivity index (χ2n) is 4.30. The molecular weight excluding hydrogens is 244 g/mol. The van der Waals surface area contributed by atoms with Crippen LogP contribution in [0.5, 0.6) is 5.75 Å². The van der Waals surface area contributed by atoms with E-state index in [1.54, 1.807) is 0 Å². The van der Waals surface area contributed by atoms with Gasteiger partial charge in [-0.1, -0.05) is 29.8 Å². The molecule has 2 N–H and O–H groups in total. The normalized spacial score (nSPS) is 10.2. The first-order chi connectivity index (χ1) is 9.06.